The molecule has 2 nitrogen and oxygen atoms in total. The van der Waals surface area contributed by atoms with Crippen LogP contribution in [-0.2, 0) is 23.0 Å². The number of aliphatic imine (C=N–C) groups is 1. The Morgan fingerprint density at radius 1 is 1.83 bits per heavy atom. The summed E-state index contributed by atoms with van der Waals surface area (Å²) in [5.41, 5.74) is 0. The first-order chi connectivity index (χ1) is 2.89. The SMILES string of the molecule is [Zn][C]1=NCCO1. The van der Waals surface area contributed by atoms with Crippen LogP contribution in [-0.4, -0.2) is 17.6 Å². The summed E-state index contributed by atoms with van der Waals surface area (Å²) in [7, 11) is 0. The van der Waals surface area contributed by atoms with E-state index < -0.39 is 0 Å². The van der Waals surface area contributed by atoms with Gasteiger partial charge in [0.05, 0.1) is 0 Å². The first kappa shape index (κ1) is 4.26. The molecule has 0 aromatic carbocycles. The van der Waals surface area contributed by atoms with E-state index in [1.807, 2.05) is 0 Å². The number of nitrogens with zero attached hydrogens (tertiary/aromatic N) is 1. The van der Waals surface area contributed by atoms with Crippen LogP contribution in [0.4, 0.5) is 0 Å². The van der Waals surface area contributed by atoms with Crippen LogP contribution in [0.5, 0.6) is 0 Å². The van der Waals surface area contributed by atoms with E-state index in [0.29, 0.717) is 0 Å². The van der Waals surface area contributed by atoms with Crippen LogP contribution >= 0.6 is 0 Å². The molecule has 1 aliphatic rings. The van der Waals surface area contributed by atoms with Crippen molar-refractivity contribution in [1.29, 1.82) is 0 Å². The quantitative estimate of drug-likeness (QED) is 0.426. The molecule has 6 heavy (non-hydrogen) atoms. The topological polar surface area (TPSA) is 21.6 Å². The molecule has 0 N–H and O–H groups in total. The second kappa shape index (κ2) is 1.70. The van der Waals surface area contributed by atoms with Crippen LogP contribution in [0.1, 0.15) is 0 Å². The van der Waals surface area contributed by atoms with E-state index in [4.69, 9.17) is 4.74 Å². The molecular weight excluding hydrogens is 131 g/mol. The van der Waals surface area contributed by atoms with E-state index in [1.54, 1.807) is 0 Å². The molecule has 1 aliphatic heterocycles. The van der Waals surface area contributed by atoms with Gasteiger partial charge in [0.2, 0.25) is 0 Å². The summed E-state index contributed by atoms with van der Waals surface area (Å²) >= 11 is 1.07. The van der Waals surface area contributed by atoms with Gasteiger partial charge in [-0.1, -0.05) is 0 Å². The Kier molecular flexibility index (Phi) is 1.20. The van der Waals surface area contributed by atoms with Gasteiger partial charge < -0.3 is 0 Å². The van der Waals surface area contributed by atoms with E-state index in [9.17, 15) is 0 Å². The average Bonchev–Trinajstić information content (AvgIpc) is 1.86. The third kappa shape index (κ3) is 0.778. The molecule has 0 saturated heterocycles. The zero-order valence-corrected chi connectivity index (χ0v) is 6.44. The molecule has 0 aromatic rings. The van der Waals surface area contributed by atoms with E-state index in [2.05, 4.69) is 4.99 Å². The van der Waals surface area contributed by atoms with Gasteiger partial charge in [-0.15, -0.1) is 0 Å². The van der Waals surface area contributed by atoms with Crippen molar-refractivity contribution in [3.8, 4) is 0 Å². The van der Waals surface area contributed by atoms with Crippen molar-refractivity contribution in [2.45, 2.75) is 0 Å². The Morgan fingerprint density at radius 2 is 2.67 bits per heavy atom. The van der Waals surface area contributed by atoms with Crippen molar-refractivity contribution in [2.24, 2.45) is 4.99 Å². The summed E-state index contributed by atoms with van der Waals surface area (Å²) < 4.78 is 5.91. The fraction of sp³-hybridized carbons (Fsp3) is 0.667. The maximum absolute atomic E-state index is 4.96. The third-order valence-corrected chi connectivity index (χ3v) is 1.55. The minimum atomic E-state index is 0.815. The van der Waals surface area contributed by atoms with Gasteiger partial charge in [-0.25, -0.2) is 0 Å². The van der Waals surface area contributed by atoms with E-state index in [-0.39, 0.29) is 0 Å². The molecule has 3 heteroatoms. The average molecular weight is 135 g/mol. The van der Waals surface area contributed by atoms with E-state index in [0.717, 1.165) is 35.9 Å². The molecule has 0 aliphatic carbocycles. The molecule has 1 rings (SSSR count). The minimum absolute atomic E-state index is 0.815. The van der Waals surface area contributed by atoms with E-state index >= 15 is 0 Å². The first-order valence-corrected chi connectivity index (χ1v) is 3.37. The van der Waals surface area contributed by atoms with Gasteiger partial charge in [0, 0.05) is 0 Å². The number of rotatable bonds is 0. The zero-order valence-electron chi connectivity index (χ0n) is 3.48. The second-order valence-corrected chi connectivity index (χ2v) is 2.39. The molecular formula is C3H4NOZn. The Balaban J connectivity index is 2.45. The Labute approximate surface area is 46.3 Å². The summed E-state index contributed by atoms with van der Waals surface area (Å²) in [6.45, 7) is 1.70. The van der Waals surface area contributed by atoms with Crippen LogP contribution in [0.3, 0.4) is 0 Å². The fourth-order valence-electron chi connectivity index (χ4n) is 0.379. The molecule has 0 fully saturated rings. The Bertz CT molecular complexity index is 80.9. The Morgan fingerprint density at radius 3 is 2.83 bits per heavy atom. The predicted molar refractivity (Wildman–Crippen MR) is 18.3 cm³/mol. The van der Waals surface area contributed by atoms with Gasteiger partial charge in [0.25, 0.3) is 0 Å². The van der Waals surface area contributed by atoms with Crippen molar-refractivity contribution in [2.75, 3.05) is 13.2 Å². The van der Waals surface area contributed by atoms with Crippen molar-refractivity contribution >= 4 is 4.49 Å². The first-order valence-electron chi connectivity index (χ1n) is 1.89. The summed E-state index contributed by atoms with van der Waals surface area (Å²) in [6, 6.07) is 0. The molecule has 0 saturated carbocycles. The molecule has 0 unspecified atom stereocenters. The Hall–Kier alpha value is 0.0934. The summed E-state index contributed by atoms with van der Waals surface area (Å²) in [4.78, 5) is 3.99. The normalized spacial score (nSPS) is 20.0. The van der Waals surface area contributed by atoms with Gasteiger partial charge >= 0.3 is 45.7 Å². The van der Waals surface area contributed by atoms with Gasteiger partial charge in [-0.05, 0) is 0 Å². The van der Waals surface area contributed by atoms with Crippen LogP contribution in [0, 0.1) is 0 Å². The van der Waals surface area contributed by atoms with Crippen molar-refractivity contribution in [3.05, 3.63) is 0 Å². The molecule has 0 atom stereocenters. The molecule has 0 aromatic heterocycles. The predicted octanol–water partition coefficient (Wildman–Crippen LogP) is -0.0806. The van der Waals surface area contributed by atoms with Gasteiger partial charge in [0.1, 0.15) is 0 Å². The molecule has 1 heterocycles. The van der Waals surface area contributed by atoms with Crippen LogP contribution in [0.2, 0.25) is 0 Å². The van der Waals surface area contributed by atoms with Crippen molar-refractivity contribution in [3.63, 3.8) is 0 Å². The summed E-state index contributed by atoms with van der Waals surface area (Å²) in [5, 5.41) is 0. The molecule has 0 radical (unpaired) electrons. The second-order valence-electron chi connectivity index (χ2n) is 1.12. The summed E-state index contributed by atoms with van der Waals surface area (Å²) in [6.07, 6.45) is 0. The zero-order chi connectivity index (χ0) is 4.41. The number of ether oxygens (including phenoxy) is 1. The van der Waals surface area contributed by atoms with Crippen LogP contribution in [0.15, 0.2) is 4.99 Å². The maximum atomic E-state index is 4.96. The van der Waals surface area contributed by atoms with Crippen molar-refractivity contribution in [1.82, 2.24) is 0 Å². The van der Waals surface area contributed by atoms with Gasteiger partial charge in [-0.3, -0.25) is 0 Å². The molecule has 0 amide bonds. The molecule has 0 bridgehead atoms. The van der Waals surface area contributed by atoms with E-state index in [1.165, 1.54) is 0 Å². The number of hydrogen-bond acceptors (Lipinski definition) is 2. The van der Waals surface area contributed by atoms with Crippen molar-refractivity contribution < 1.29 is 23.0 Å². The van der Waals surface area contributed by atoms with Gasteiger partial charge in [0.15, 0.2) is 0 Å². The fourth-order valence-corrected chi connectivity index (χ4v) is 1.01. The van der Waals surface area contributed by atoms with Gasteiger partial charge in [-0.2, -0.15) is 0 Å². The number of hydrogen-bond donors (Lipinski definition) is 0. The van der Waals surface area contributed by atoms with Crippen LogP contribution in [0.25, 0.3) is 0 Å². The monoisotopic (exact) mass is 134 g/mol. The summed E-state index contributed by atoms with van der Waals surface area (Å²) in [5.74, 6) is 0. The molecule has 29 valence electrons. The van der Waals surface area contributed by atoms with Crippen LogP contribution < -0.4 is 0 Å². The molecule has 0 spiro atoms. The standard InChI is InChI=1S/C3H4NO.Zn/c1-2-5-3-4-1;/h1-2H2;. The third-order valence-electron chi connectivity index (χ3n) is 0.648.